The van der Waals surface area contributed by atoms with Gasteiger partial charge in [0.15, 0.2) is 6.61 Å². The molecule has 0 saturated heterocycles. The molecule has 0 saturated carbocycles. The highest BCUT2D eigenvalue weighted by atomic mass is 79.9. The van der Waals surface area contributed by atoms with Crippen LogP contribution in [-0.4, -0.2) is 46.6 Å². The Morgan fingerprint density at radius 3 is 2.45 bits per heavy atom. The maximum absolute atomic E-state index is 12.4. The van der Waals surface area contributed by atoms with E-state index in [1.165, 1.54) is 7.11 Å². The molecule has 0 unspecified atom stereocenters. The fraction of sp³-hybridized carbons (Fsp3) is 0.200. The average Bonchev–Trinajstić information content (AvgIpc) is 3.31. The van der Waals surface area contributed by atoms with E-state index < -0.39 is 24.3 Å². The van der Waals surface area contributed by atoms with Crippen LogP contribution in [0.2, 0.25) is 0 Å². The number of hydrogen-bond donors (Lipinski definition) is 2. The molecule has 2 heterocycles. The monoisotopic (exact) mass is 459 g/mol. The quantitative estimate of drug-likeness (QED) is 0.429. The minimum atomic E-state index is -0.705. The van der Waals surface area contributed by atoms with Gasteiger partial charge in [0.2, 0.25) is 5.78 Å². The molecule has 0 fully saturated rings. The van der Waals surface area contributed by atoms with Gasteiger partial charge in [-0.2, -0.15) is 5.10 Å². The number of nitrogens with one attached hydrogen (secondary N) is 2. The van der Waals surface area contributed by atoms with Crippen LogP contribution in [0, 0.1) is 13.8 Å². The molecule has 2 N–H and O–H groups in total. The number of aromatic amines is 2. The second-order valence-electron chi connectivity index (χ2n) is 6.29. The molecule has 150 valence electrons. The molecule has 9 heteroatoms. The highest BCUT2D eigenvalue weighted by molar-refractivity contribution is 9.10. The van der Waals surface area contributed by atoms with E-state index in [0.717, 1.165) is 10.0 Å². The second kappa shape index (κ2) is 8.44. The molecule has 29 heavy (non-hydrogen) atoms. The van der Waals surface area contributed by atoms with Crippen LogP contribution in [0.25, 0.3) is 11.3 Å². The lowest BCUT2D eigenvalue weighted by Gasteiger charge is -2.03. The third-order valence-electron chi connectivity index (χ3n) is 4.38. The maximum Gasteiger partial charge on any atom is 0.356 e. The number of Topliss-reactive ketones (excluding diaryl/α,β-unsaturated/α-hetero) is 1. The van der Waals surface area contributed by atoms with Crippen LogP contribution in [0.4, 0.5) is 0 Å². The molecule has 0 amide bonds. The number of aryl methyl sites for hydroxylation is 1. The van der Waals surface area contributed by atoms with Crippen molar-refractivity contribution in [2.45, 2.75) is 13.8 Å². The number of methoxy groups -OCH3 is 1. The van der Waals surface area contributed by atoms with Crippen molar-refractivity contribution >= 4 is 33.7 Å². The van der Waals surface area contributed by atoms with Gasteiger partial charge in [-0.3, -0.25) is 9.89 Å². The topological polar surface area (TPSA) is 114 Å². The Morgan fingerprint density at radius 1 is 1.10 bits per heavy atom. The van der Waals surface area contributed by atoms with Gasteiger partial charge in [0.25, 0.3) is 0 Å². The van der Waals surface area contributed by atoms with Crippen molar-refractivity contribution in [2.75, 3.05) is 13.7 Å². The summed E-state index contributed by atoms with van der Waals surface area (Å²) in [6.07, 6.45) is 0. The third kappa shape index (κ3) is 4.29. The van der Waals surface area contributed by atoms with Gasteiger partial charge in [-0.25, -0.2) is 9.59 Å². The molecule has 0 aliphatic carbocycles. The molecule has 0 spiro atoms. The SMILES string of the molecule is COC(=O)c1c(C)[nH]c(C(=O)COC(=O)c2cc(-c3ccc(Br)cc3)n[nH]2)c1C. The molecule has 2 aromatic heterocycles. The van der Waals surface area contributed by atoms with Gasteiger partial charge in [-0.15, -0.1) is 0 Å². The summed E-state index contributed by atoms with van der Waals surface area (Å²) in [6, 6.07) is 8.99. The molecule has 1 aromatic carbocycles. The third-order valence-corrected chi connectivity index (χ3v) is 4.91. The summed E-state index contributed by atoms with van der Waals surface area (Å²) in [5.74, 6) is -1.70. The normalized spacial score (nSPS) is 10.6. The Bertz CT molecular complexity index is 1080. The predicted octanol–water partition coefficient (Wildman–Crippen LogP) is 3.61. The van der Waals surface area contributed by atoms with Crippen LogP contribution in [0.15, 0.2) is 34.8 Å². The molecule has 8 nitrogen and oxygen atoms in total. The fourth-order valence-electron chi connectivity index (χ4n) is 2.91. The molecule has 0 bridgehead atoms. The van der Waals surface area contributed by atoms with Gasteiger partial charge < -0.3 is 14.5 Å². The number of ether oxygens (including phenoxy) is 2. The van der Waals surface area contributed by atoms with E-state index in [1.54, 1.807) is 19.9 Å². The van der Waals surface area contributed by atoms with Gasteiger partial charge in [0.05, 0.1) is 24.1 Å². The van der Waals surface area contributed by atoms with Gasteiger partial charge in [0, 0.05) is 15.7 Å². The first-order valence-corrected chi connectivity index (χ1v) is 9.40. The summed E-state index contributed by atoms with van der Waals surface area (Å²) < 4.78 is 10.8. The van der Waals surface area contributed by atoms with Gasteiger partial charge in [-0.05, 0) is 37.6 Å². The molecular formula is C20H18BrN3O5. The number of H-pyrrole nitrogens is 2. The fourth-order valence-corrected chi connectivity index (χ4v) is 3.18. The smallest absolute Gasteiger partial charge is 0.356 e. The Morgan fingerprint density at radius 2 is 1.79 bits per heavy atom. The van der Waals surface area contributed by atoms with Crippen LogP contribution in [0.5, 0.6) is 0 Å². The van der Waals surface area contributed by atoms with E-state index in [2.05, 4.69) is 31.1 Å². The predicted molar refractivity (Wildman–Crippen MR) is 108 cm³/mol. The van der Waals surface area contributed by atoms with Crippen molar-refractivity contribution in [3.63, 3.8) is 0 Å². The first-order valence-electron chi connectivity index (χ1n) is 8.61. The highest BCUT2D eigenvalue weighted by Crippen LogP contribution is 2.21. The van der Waals surface area contributed by atoms with Crippen LogP contribution in [-0.2, 0) is 9.47 Å². The zero-order valence-corrected chi connectivity index (χ0v) is 17.5. The summed E-state index contributed by atoms with van der Waals surface area (Å²) in [6.45, 7) is 2.81. The maximum atomic E-state index is 12.4. The number of nitrogens with zero attached hydrogens (tertiary/aromatic N) is 1. The molecule has 3 rings (SSSR count). The Balaban J connectivity index is 1.68. The van der Waals surface area contributed by atoms with Gasteiger partial charge in [0.1, 0.15) is 5.69 Å². The summed E-state index contributed by atoms with van der Waals surface area (Å²) in [5.41, 5.74) is 3.00. The van der Waals surface area contributed by atoms with Crippen molar-refractivity contribution in [2.24, 2.45) is 0 Å². The molecule has 0 radical (unpaired) electrons. The van der Waals surface area contributed by atoms with Crippen LogP contribution in [0.3, 0.4) is 0 Å². The number of hydrogen-bond acceptors (Lipinski definition) is 6. The van der Waals surface area contributed by atoms with Gasteiger partial charge >= 0.3 is 11.9 Å². The molecule has 0 aliphatic heterocycles. The van der Waals surface area contributed by atoms with Crippen molar-refractivity contribution in [3.8, 4) is 11.3 Å². The average molecular weight is 460 g/mol. The number of rotatable bonds is 6. The van der Waals surface area contributed by atoms with E-state index in [9.17, 15) is 14.4 Å². The lowest BCUT2D eigenvalue weighted by Crippen LogP contribution is -2.16. The number of benzene rings is 1. The van der Waals surface area contributed by atoms with Crippen molar-refractivity contribution < 1.29 is 23.9 Å². The standard InChI is InChI=1S/C20H18BrN3O5/c1-10-17(20(27)28-3)11(2)22-18(10)16(25)9-29-19(26)15-8-14(23-24-15)12-4-6-13(21)7-5-12/h4-8,22H,9H2,1-3H3,(H,23,24). The number of aromatic nitrogens is 3. The molecule has 0 atom stereocenters. The Hall–Kier alpha value is -3.20. The first-order chi connectivity index (χ1) is 13.8. The van der Waals surface area contributed by atoms with E-state index in [-0.39, 0.29) is 11.4 Å². The summed E-state index contributed by atoms with van der Waals surface area (Å²) in [7, 11) is 1.27. The van der Waals surface area contributed by atoms with E-state index in [1.807, 2.05) is 24.3 Å². The largest absolute Gasteiger partial charge is 0.465 e. The van der Waals surface area contributed by atoms with Crippen LogP contribution in [0.1, 0.15) is 42.6 Å². The van der Waals surface area contributed by atoms with Crippen LogP contribution < -0.4 is 0 Å². The number of esters is 2. The van der Waals surface area contributed by atoms with Crippen LogP contribution >= 0.6 is 15.9 Å². The molecule has 0 aliphatic rings. The first kappa shape index (κ1) is 20.5. The van der Waals surface area contributed by atoms with E-state index >= 15 is 0 Å². The summed E-state index contributed by atoms with van der Waals surface area (Å²) >= 11 is 3.36. The number of halogens is 1. The van der Waals surface area contributed by atoms with E-state index in [4.69, 9.17) is 9.47 Å². The highest BCUT2D eigenvalue weighted by Gasteiger charge is 2.23. The summed E-state index contributed by atoms with van der Waals surface area (Å²) in [4.78, 5) is 39.4. The minimum Gasteiger partial charge on any atom is -0.465 e. The van der Waals surface area contributed by atoms with Gasteiger partial charge in [-0.1, -0.05) is 28.1 Å². The second-order valence-corrected chi connectivity index (χ2v) is 7.21. The zero-order chi connectivity index (χ0) is 21.1. The number of carbonyl (C=O) groups is 3. The lowest BCUT2D eigenvalue weighted by molar-refractivity contribution is 0.0467. The Kier molecular flexibility index (Phi) is 5.97. The van der Waals surface area contributed by atoms with Crippen molar-refractivity contribution in [3.05, 3.63) is 63.0 Å². The minimum absolute atomic E-state index is 0.130. The molecular weight excluding hydrogens is 442 g/mol. The lowest BCUT2D eigenvalue weighted by atomic mass is 10.1. The Labute approximate surface area is 174 Å². The van der Waals surface area contributed by atoms with E-state index in [0.29, 0.717) is 22.5 Å². The number of carbonyl (C=O) groups excluding carboxylic acids is 3. The van der Waals surface area contributed by atoms with Crippen molar-refractivity contribution in [1.82, 2.24) is 15.2 Å². The zero-order valence-electron chi connectivity index (χ0n) is 16.0. The summed E-state index contributed by atoms with van der Waals surface area (Å²) in [5, 5.41) is 6.71. The molecule has 3 aromatic rings. The van der Waals surface area contributed by atoms with Crippen molar-refractivity contribution in [1.29, 1.82) is 0 Å². The number of ketones is 1.